The molecule has 0 aromatic carbocycles. The van der Waals surface area contributed by atoms with Crippen molar-refractivity contribution in [1.29, 1.82) is 0 Å². The highest BCUT2D eigenvalue weighted by Gasteiger charge is 2.30. The maximum absolute atomic E-state index is 13.1. The fourth-order valence-electron chi connectivity index (χ4n) is 10.9. The molecule has 0 aliphatic heterocycles. The molecule has 0 aliphatic rings. The minimum absolute atomic E-state index is 0.0332. The number of rotatable bonds is 78. The van der Waals surface area contributed by atoms with Crippen LogP contribution in [0.2, 0.25) is 0 Å². The van der Waals surface area contributed by atoms with Crippen LogP contribution in [0.4, 0.5) is 0 Å². The molecule has 0 aliphatic carbocycles. The van der Waals surface area contributed by atoms with E-state index in [0.29, 0.717) is 32.1 Å². The molecule has 0 bridgehead atoms. The Bertz CT molecular complexity index is 2750. The summed E-state index contributed by atoms with van der Waals surface area (Å²) in [4.78, 5) is 73.2. The molecule has 0 aromatic heterocycles. The van der Waals surface area contributed by atoms with Gasteiger partial charge in [-0.2, -0.15) is 0 Å². The summed E-state index contributed by atoms with van der Waals surface area (Å²) in [6.07, 6.45) is 97.6. The molecule has 0 aromatic rings. The van der Waals surface area contributed by atoms with Crippen molar-refractivity contribution in [1.82, 2.24) is 0 Å². The summed E-state index contributed by atoms with van der Waals surface area (Å²) in [5, 5.41) is 10.7. The molecule has 5 unspecified atom stereocenters. The van der Waals surface area contributed by atoms with Crippen molar-refractivity contribution < 1.29 is 80.2 Å². The van der Waals surface area contributed by atoms with Crippen molar-refractivity contribution >= 4 is 39.5 Å². The predicted octanol–water partition coefficient (Wildman–Crippen LogP) is 25.3. The first kappa shape index (κ1) is 104. The van der Waals surface area contributed by atoms with Crippen molar-refractivity contribution in [3.8, 4) is 0 Å². The Morgan fingerprint density at radius 1 is 0.264 bits per heavy atom. The van der Waals surface area contributed by atoms with Gasteiger partial charge in [-0.25, -0.2) is 9.13 Å². The van der Waals surface area contributed by atoms with E-state index in [0.717, 1.165) is 186 Å². The second-order valence-corrected chi connectivity index (χ2v) is 30.5. The number of hydrogen-bond acceptors (Lipinski definition) is 15. The van der Waals surface area contributed by atoms with Gasteiger partial charge >= 0.3 is 39.5 Å². The zero-order valence-corrected chi connectivity index (χ0v) is 70.4. The largest absolute Gasteiger partial charge is 0.472 e. The van der Waals surface area contributed by atoms with E-state index in [4.69, 9.17) is 37.0 Å². The summed E-state index contributed by atoms with van der Waals surface area (Å²) >= 11 is 0. The van der Waals surface area contributed by atoms with E-state index in [2.05, 4.69) is 180 Å². The van der Waals surface area contributed by atoms with E-state index in [-0.39, 0.29) is 25.7 Å². The van der Waals surface area contributed by atoms with Crippen LogP contribution in [-0.4, -0.2) is 96.7 Å². The molecule has 17 nitrogen and oxygen atoms in total. The first-order valence-electron chi connectivity index (χ1n) is 42.4. The number of hydrogen-bond donors (Lipinski definition) is 3. The molecule has 0 amide bonds. The number of phosphoric acid groups is 2. The number of unbranched alkanes of at least 4 members (excludes halogenated alkanes) is 24. The Morgan fingerprint density at radius 2 is 0.491 bits per heavy atom. The van der Waals surface area contributed by atoms with Crippen LogP contribution in [0.15, 0.2) is 170 Å². The molecule has 0 saturated heterocycles. The molecule has 0 rings (SSSR count). The van der Waals surface area contributed by atoms with Gasteiger partial charge in [0.2, 0.25) is 0 Å². The van der Waals surface area contributed by atoms with Crippen molar-refractivity contribution in [2.45, 2.75) is 341 Å². The van der Waals surface area contributed by atoms with Crippen LogP contribution in [-0.2, 0) is 65.4 Å². The minimum Gasteiger partial charge on any atom is -0.462 e. The molecule has 5 atom stereocenters. The van der Waals surface area contributed by atoms with Crippen LogP contribution in [0.5, 0.6) is 0 Å². The Morgan fingerprint density at radius 3 is 0.782 bits per heavy atom. The van der Waals surface area contributed by atoms with Crippen LogP contribution in [0.1, 0.15) is 323 Å². The SMILES string of the molecule is CC/C=C\C/C=C\C/C=C\C/C=C\C/C=C\C/C=C\CCC(=O)OCC(COP(=O)(O)OCC(O)COP(=O)(O)OCC(COC(=O)CCCCCCCC/C=C\C/C=C\C/C=C\C/C=C\CC)OC(=O)CCCCCCCC/C=C\C/C=C\C/C=C\C/C=C\CC)OC(=O)CCCCCCCCCCCCCCC. The van der Waals surface area contributed by atoms with Gasteiger partial charge in [0.05, 0.1) is 26.4 Å². The molecule has 0 heterocycles. The lowest BCUT2D eigenvalue weighted by molar-refractivity contribution is -0.161. The highest BCUT2D eigenvalue weighted by molar-refractivity contribution is 7.47. The van der Waals surface area contributed by atoms with E-state index in [1.807, 2.05) is 18.2 Å². The number of allylic oxidation sites excluding steroid dienone is 28. The maximum Gasteiger partial charge on any atom is 0.472 e. The summed E-state index contributed by atoms with van der Waals surface area (Å²) in [7, 11) is -10.0. The smallest absolute Gasteiger partial charge is 0.462 e. The topological polar surface area (TPSA) is 237 Å². The molecule has 0 fully saturated rings. The first-order valence-corrected chi connectivity index (χ1v) is 45.4. The normalized spacial score (nSPS) is 14.6. The molecule has 0 spiro atoms. The number of ether oxygens (including phenoxy) is 4. The van der Waals surface area contributed by atoms with Gasteiger partial charge in [-0.05, 0) is 141 Å². The number of esters is 4. The van der Waals surface area contributed by atoms with Gasteiger partial charge in [0, 0.05) is 25.7 Å². The summed E-state index contributed by atoms with van der Waals surface area (Å²) in [5.41, 5.74) is 0. The van der Waals surface area contributed by atoms with Gasteiger partial charge < -0.3 is 33.8 Å². The Hall–Kier alpha value is -5.58. The summed E-state index contributed by atoms with van der Waals surface area (Å²) in [5.74, 6) is -2.30. The van der Waals surface area contributed by atoms with Gasteiger partial charge in [0.15, 0.2) is 12.2 Å². The first-order chi connectivity index (χ1) is 53.7. The highest BCUT2D eigenvalue weighted by Crippen LogP contribution is 2.45. The number of aliphatic hydroxyl groups excluding tert-OH is 1. The zero-order valence-electron chi connectivity index (χ0n) is 68.6. The predicted molar refractivity (Wildman–Crippen MR) is 454 cm³/mol. The summed E-state index contributed by atoms with van der Waals surface area (Å²) in [6.45, 7) is 4.44. The number of phosphoric ester groups is 2. The van der Waals surface area contributed by atoms with Crippen LogP contribution < -0.4 is 0 Å². The standard InChI is InChI=1S/C91H150O17P2/c1-5-9-13-17-21-25-29-33-36-39-42-45-48-52-55-59-63-67-71-75-88(93)101-81-86(107-90(95)77-73-69-65-61-57-51-32-28-24-20-16-12-8-4)83-105-109(97,98)103-79-85(92)80-104-110(99,100)106-84-87(108-91(96)78-74-70-66-62-58-54-50-47-44-41-38-35-31-27-23-19-15-11-7-3)82-102-89(94)76-72-68-64-60-56-53-49-46-43-40-37-34-30-26-22-18-14-10-6-2/h9-11,13-15,21-23,25-27,33-38,42-47,52,55,63,67,85-87,92H,5-8,12,16-20,24,28-32,39-41,48-51,53-54,56-62,64-66,68-84H2,1-4H3,(H,97,98)(H,99,100)/b13-9-,14-10-,15-11-,25-21-,26-22-,27-23-,36-33-,37-34-,38-35-,45-42-,46-43-,47-44-,55-52-,67-63-. The third-order valence-electron chi connectivity index (χ3n) is 17.2. The molecule has 0 radical (unpaired) electrons. The molecular formula is C91H150O17P2. The maximum atomic E-state index is 13.1. The summed E-state index contributed by atoms with van der Waals surface area (Å²) in [6, 6.07) is 0. The van der Waals surface area contributed by atoms with E-state index in [1.165, 1.54) is 51.4 Å². The van der Waals surface area contributed by atoms with Gasteiger partial charge in [0.25, 0.3) is 0 Å². The van der Waals surface area contributed by atoms with Gasteiger partial charge in [-0.1, -0.05) is 326 Å². The monoisotopic (exact) mass is 1580 g/mol. The van der Waals surface area contributed by atoms with Crippen LogP contribution in [0.25, 0.3) is 0 Å². The number of carbonyl (C=O) groups is 4. The van der Waals surface area contributed by atoms with Gasteiger partial charge in [0.1, 0.15) is 19.3 Å². The number of carbonyl (C=O) groups excluding carboxylic acids is 4. The zero-order chi connectivity index (χ0) is 80.3. The molecule has 19 heteroatoms. The van der Waals surface area contributed by atoms with Crippen LogP contribution in [0.3, 0.4) is 0 Å². The lowest BCUT2D eigenvalue weighted by Crippen LogP contribution is -2.30. The second-order valence-electron chi connectivity index (χ2n) is 27.6. The van der Waals surface area contributed by atoms with Crippen molar-refractivity contribution in [3.63, 3.8) is 0 Å². The van der Waals surface area contributed by atoms with Gasteiger partial charge in [-0.3, -0.25) is 37.3 Å². The van der Waals surface area contributed by atoms with Crippen molar-refractivity contribution in [3.05, 3.63) is 170 Å². The molecule has 626 valence electrons. The van der Waals surface area contributed by atoms with E-state index in [9.17, 15) is 43.2 Å². The van der Waals surface area contributed by atoms with E-state index >= 15 is 0 Å². The van der Waals surface area contributed by atoms with Crippen molar-refractivity contribution in [2.75, 3.05) is 39.6 Å². The van der Waals surface area contributed by atoms with E-state index < -0.39 is 97.5 Å². The van der Waals surface area contributed by atoms with Crippen molar-refractivity contribution in [2.24, 2.45) is 0 Å². The Labute approximate surface area is 667 Å². The lowest BCUT2D eigenvalue weighted by atomic mass is 10.0. The molecule has 0 saturated carbocycles. The van der Waals surface area contributed by atoms with Crippen LogP contribution >= 0.6 is 15.6 Å². The fourth-order valence-corrected chi connectivity index (χ4v) is 12.5. The van der Waals surface area contributed by atoms with Crippen LogP contribution in [0, 0.1) is 0 Å². The Kier molecular flexibility index (Phi) is 77.3. The van der Waals surface area contributed by atoms with Gasteiger partial charge in [-0.15, -0.1) is 0 Å². The van der Waals surface area contributed by atoms with E-state index in [1.54, 1.807) is 0 Å². The minimum atomic E-state index is -5.00. The quantitative estimate of drug-likeness (QED) is 0.0169. The Balaban J connectivity index is 5.46. The molecule has 110 heavy (non-hydrogen) atoms. The number of aliphatic hydroxyl groups is 1. The average Bonchev–Trinajstić information content (AvgIpc) is 0.942. The average molecular weight is 1580 g/mol. The summed E-state index contributed by atoms with van der Waals surface area (Å²) < 4.78 is 68.7. The molecule has 3 N–H and O–H groups in total. The second kappa shape index (κ2) is 81.4. The molecular weight excluding hydrogens is 1430 g/mol. The highest BCUT2D eigenvalue weighted by atomic mass is 31.2. The third-order valence-corrected chi connectivity index (χ3v) is 19.1. The third kappa shape index (κ3) is 80.5. The fraction of sp³-hybridized carbons (Fsp3) is 0.648. The lowest BCUT2D eigenvalue weighted by Gasteiger charge is -2.21.